The van der Waals surface area contributed by atoms with Crippen molar-refractivity contribution in [3.8, 4) is 0 Å². The van der Waals surface area contributed by atoms with Crippen LogP contribution in [0.3, 0.4) is 0 Å². The van der Waals surface area contributed by atoms with Crippen molar-refractivity contribution in [2.75, 3.05) is 20.2 Å². The van der Waals surface area contributed by atoms with Gasteiger partial charge in [0.1, 0.15) is 5.82 Å². The third-order valence-electron chi connectivity index (χ3n) is 6.75. The van der Waals surface area contributed by atoms with E-state index in [-0.39, 0.29) is 23.2 Å². The Hall–Kier alpha value is -3.81. The molecule has 2 aromatic carbocycles. The first-order valence-corrected chi connectivity index (χ1v) is 12.2. The highest BCUT2D eigenvalue weighted by Crippen LogP contribution is 2.28. The monoisotopic (exact) mass is 489 g/mol. The number of aromatic nitrogens is 2. The lowest BCUT2D eigenvalue weighted by molar-refractivity contribution is -0.134. The number of fused-ring (bicyclic) bond motifs is 1. The van der Waals surface area contributed by atoms with E-state index in [1.807, 2.05) is 30.9 Å². The fourth-order valence-electron chi connectivity index (χ4n) is 4.77. The van der Waals surface area contributed by atoms with E-state index >= 15 is 0 Å². The number of ketones is 1. The highest BCUT2D eigenvalue weighted by Gasteiger charge is 2.31. The number of amides is 1. The van der Waals surface area contributed by atoms with Gasteiger partial charge in [-0.2, -0.15) is 0 Å². The largest absolute Gasteiger partial charge is 0.465 e. The van der Waals surface area contributed by atoms with Crippen molar-refractivity contribution in [1.29, 1.82) is 0 Å². The minimum absolute atomic E-state index is 0.0326. The van der Waals surface area contributed by atoms with Crippen LogP contribution in [0.25, 0.3) is 10.9 Å². The SMILES string of the molecule is COC(=O)c1ccc(C(=O)C2CCN(C(=O)CC(C)(C)Cc3nc4ccccc4c(=O)[nH]3)CC2)cc1. The molecule has 0 bridgehead atoms. The summed E-state index contributed by atoms with van der Waals surface area (Å²) in [5.41, 5.74) is 1.03. The number of nitrogens with zero attached hydrogens (tertiary/aromatic N) is 2. The fraction of sp³-hybridized carbons (Fsp3) is 0.393. The van der Waals surface area contributed by atoms with Gasteiger partial charge >= 0.3 is 5.97 Å². The van der Waals surface area contributed by atoms with Gasteiger partial charge in [-0.1, -0.05) is 38.1 Å². The van der Waals surface area contributed by atoms with Crippen LogP contribution in [0, 0.1) is 11.3 Å². The van der Waals surface area contributed by atoms with Crippen molar-refractivity contribution in [3.05, 3.63) is 75.8 Å². The van der Waals surface area contributed by atoms with E-state index in [4.69, 9.17) is 4.74 Å². The summed E-state index contributed by atoms with van der Waals surface area (Å²) in [5.74, 6) is 0.0464. The first-order valence-electron chi connectivity index (χ1n) is 12.2. The molecule has 8 heteroatoms. The van der Waals surface area contributed by atoms with Crippen LogP contribution >= 0.6 is 0 Å². The number of hydrogen-bond donors (Lipinski definition) is 1. The molecule has 4 rings (SSSR count). The number of aromatic amines is 1. The van der Waals surface area contributed by atoms with Crippen LogP contribution in [0.5, 0.6) is 0 Å². The Morgan fingerprint density at radius 2 is 1.67 bits per heavy atom. The zero-order valence-corrected chi connectivity index (χ0v) is 20.9. The molecule has 0 atom stereocenters. The molecule has 2 heterocycles. The van der Waals surface area contributed by atoms with Gasteiger partial charge in [0.25, 0.3) is 5.56 Å². The molecule has 36 heavy (non-hydrogen) atoms. The maximum absolute atomic E-state index is 13.1. The van der Waals surface area contributed by atoms with Crippen LogP contribution in [0.4, 0.5) is 0 Å². The van der Waals surface area contributed by atoms with Gasteiger partial charge in [-0.25, -0.2) is 9.78 Å². The summed E-state index contributed by atoms with van der Waals surface area (Å²) in [7, 11) is 1.32. The molecule has 1 aliphatic heterocycles. The molecule has 0 spiro atoms. The second-order valence-electron chi connectivity index (χ2n) is 10.1. The summed E-state index contributed by atoms with van der Waals surface area (Å²) in [6.45, 7) is 5.04. The molecule has 3 aromatic rings. The van der Waals surface area contributed by atoms with Crippen LogP contribution in [0.15, 0.2) is 53.3 Å². The Kier molecular flexibility index (Phi) is 7.33. The first-order chi connectivity index (χ1) is 17.2. The van der Waals surface area contributed by atoms with Gasteiger partial charge in [0.05, 0.1) is 23.6 Å². The van der Waals surface area contributed by atoms with Gasteiger partial charge in [-0.15, -0.1) is 0 Å². The Bertz CT molecular complexity index is 1340. The molecular weight excluding hydrogens is 458 g/mol. The number of nitrogens with one attached hydrogen (secondary N) is 1. The molecular formula is C28H31N3O5. The molecule has 1 aromatic heterocycles. The summed E-state index contributed by atoms with van der Waals surface area (Å²) in [6.07, 6.45) is 1.99. The predicted octanol–water partition coefficient (Wildman–Crippen LogP) is 3.79. The number of para-hydroxylation sites is 1. The molecule has 1 N–H and O–H groups in total. The normalized spacial score (nSPS) is 14.6. The molecule has 0 unspecified atom stereocenters. The summed E-state index contributed by atoms with van der Waals surface area (Å²) in [5, 5.41) is 0.548. The number of esters is 1. The zero-order valence-electron chi connectivity index (χ0n) is 20.9. The number of Topliss-reactive ketones (excluding diaryl/α,β-unsaturated/α-hetero) is 1. The molecule has 0 saturated carbocycles. The summed E-state index contributed by atoms with van der Waals surface area (Å²) in [6, 6.07) is 13.7. The Labute approximate surface area is 209 Å². The summed E-state index contributed by atoms with van der Waals surface area (Å²) < 4.78 is 4.70. The Morgan fingerprint density at radius 1 is 1.03 bits per heavy atom. The van der Waals surface area contributed by atoms with Crippen molar-refractivity contribution in [3.63, 3.8) is 0 Å². The van der Waals surface area contributed by atoms with E-state index in [0.717, 1.165) is 0 Å². The van der Waals surface area contributed by atoms with Crippen molar-refractivity contribution in [1.82, 2.24) is 14.9 Å². The van der Waals surface area contributed by atoms with E-state index in [1.54, 1.807) is 36.4 Å². The van der Waals surface area contributed by atoms with Gasteiger partial charge < -0.3 is 14.6 Å². The highest BCUT2D eigenvalue weighted by molar-refractivity contribution is 5.99. The number of likely N-dealkylation sites (tertiary alicyclic amines) is 1. The molecule has 1 fully saturated rings. The van der Waals surface area contributed by atoms with Gasteiger partial charge in [0.15, 0.2) is 5.78 Å². The average Bonchev–Trinajstić information content (AvgIpc) is 2.87. The predicted molar refractivity (Wildman–Crippen MR) is 136 cm³/mol. The number of carbonyl (C=O) groups excluding carboxylic acids is 3. The van der Waals surface area contributed by atoms with Gasteiger partial charge in [0, 0.05) is 37.4 Å². The lowest BCUT2D eigenvalue weighted by atomic mass is 9.83. The lowest BCUT2D eigenvalue weighted by Gasteiger charge is -2.34. The third-order valence-corrected chi connectivity index (χ3v) is 6.75. The fourth-order valence-corrected chi connectivity index (χ4v) is 4.77. The van der Waals surface area contributed by atoms with E-state index in [9.17, 15) is 19.2 Å². The number of benzene rings is 2. The van der Waals surface area contributed by atoms with Crippen LogP contribution in [0.1, 0.15) is 59.7 Å². The van der Waals surface area contributed by atoms with E-state index < -0.39 is 11.4 Å². The second-order valence-corrected chi connectivity index (χ2v) is 10.1. The van der Waals surface area contributed by atoms with Crippen molar-refractivity contribution in [2.45, 2.75) is 39.5 Å². The van der Waals surface area contributed by atoms with Crippen LogP contribution in [0.2, 0.25) is 0 Å². The Morgan fingerprint density at radius 3 is 2.33 bits per heavy atom. The van der Waals surface area contributed by atoms with Crippen molar-refractivity contribution < 1.29 is 19.1 Å². The maximum Gasteiger partial charge on any atom is 0.337 e. The minimum Gasteiger partial charge on any atom is -0.465 e. The number of H-pyrrole nitrogens is 1. The topological polar surface area (TPSA) is 109 Å². The Balaban J connectivity index is 1.33. The number of methoxy groups -OCH3 is 1. The highest BCUT2D eigenvalue weighted by atomic mass is 16.5. The first kappa shape index (κ1) is 25.3. The van der Waals surface area contributed by atoms with Crippen molar-refractivity contribution >= 4 is 28.6 Å². The summed E-state index contributed by atoms with van der Waals surface area (Å²) in [4.78, 5) is 59.2. The van der Waals surface area contributed by atoms with Crippen LogP contribution < -0.4 is 5.56 Å². The van der Waals surface area contributed by atoms with Gasteiger partial charge in [-0.3, -0.25) is 14.4 Å². The molecule has 1 saturated heterocycles. The number of carbonyl (C=O) groups is 3. The van der Waals surface area contributed by atoms with E-state index in [2.05, 4.69) is 9.97 Å². The van der Waals surface area contributed by atoms with Gasteiger partial charge in [0.2, 0.25) is 5.91 Å². The number of ether oxygens (including phenoxy) is 1. The molecule has 188 valence electrons. The van der Waals surface area contributed by atoms with Crippen molar-refractivity contribution in [2.24, 2.45) is 11.3 Å². The molecule has 0 radical (unpaired) electrons. The second kappa shape index (κ2) is 10.4. The van der Waals surface area contributed by atoms with Crippen LogP contribution in [-0.4, -0.2) is 52.7 Å². The zero-order chi connectivity index (χ0) is 25.9. The summed E-state index contributed by atoms with van der Waals surface area (Å²) >= 11 is 0. The minimum atomic E-state index is -0.438. The van der Waals surface area contributed by atoms with Gasteiger partial charge in [-0.05, 0) is 42.5 Å². The van der Waals surface area contributed by atoms with E-state index in [1.165, 1.54) is 7.11 Å². The number of rotatable bonds is 7. The van der Waals surface area contributed by atoms with E-state index in [0.29, 0.717) is 66.6 Å². The number of hydrogen-bond acceptors (Lipinski definition) is 6. The quantitative estimate of drug-likeness (QED) is 0.399. The maximum atomic E-state index is 13.1. The van der Waals surface area contributed by atoms with Crippen LogP contribution in [-0.2, 0) is 16.0 Å². The number of piperidine rings is 1. The molecule has 1 amide bonds. The standard InChI is InChI=1S/C28H31N3O5/c1-28(2,16-23-29-22-7-5-4-6-21(22)26(34)30-23)17-24(32)31-14-12-19(13-15-31)25(33)18-8-10-20(11-9-18)27(35)36-3/h4-11,19H,12-17H2,1-3H3,(H,29,30,34). The molecule has 8 nitrogen and oxygen atoms in total. The molecule has 1 aliphatic rings. The lowest BCUT2D eigenvalue weighted by Crippen LogP contribution is -2.42. The molecule has 0 aliphatic carbocycles. The third kappa shape index (κ3) is 5.70. The smallest absolute Gasteiger partial charge is 0.337 e. The average molecular weight is 490 g/mol.